The third-order valence-corrected chi connectivity index (χ3v) is 3.08. The molecule has 6 nitrogen and oxygen atoms in total. The van der Waals surface area contributed by atoms with Crippen LogP contribution in [0, 0.1) is 0 Å². The predicted octanol–water partition coefficient (Wildman–Crippen LogP) is 0.860. The van der Waals surface area contributed by atoms with Gasteiger partial charge in [-0.15, -0.1) is 0 Å². The molecule has 0 aliphatic carbocycles. The fraction of sp³-hybridized carbons (Fsp3) is 1.00. The first-order valence-electron chi connectivity index (χ1n) is 3.67. The molecule has 0 saturated heterocycles. The van der Waals surface area contributed by atoms with Crippen LogP contribution in [0.4, 0.5) is 35.1 Å². The maximum atomic E-state index is 12.7. The summed E-state index contributed by atoms with van der Waals surface area (Å²) in [4.78, 5) is 0. The van der Waals surface area contributed by atoms with Gasteiger partial charge in [0, 0.05) is 0 Å². The highest BCUT2D eigenvalue weighted by Crippen LogP contribution is 2.57. The third-order valence-electron chi connectivity index (χ3n) is 1.61. The molecule has 20 heavy (non-hydrogen) atoms. The quantitative estimate of drug-likeness (QED) is 0.218. The van der Waals surface area contributed by atoms with Crippen LogP contribution < -0.4 is 5.26 Å². The van der Waals surface area contributed by atoms with E-state index in [1.165, 1.54) is 0 Å². The summed E-state index contributed by atoms with van der Waals surface area (Å²) in [6.45, 7) is 0. The molecule has 0 aromatic carbocycles. The second-order valence-corrected chi connectivity index (χ2v) is 5.09. The highest BCUT2D eigenvalue weighted by atomic mass is 32.2. The molecule has 0 fully saturated rings. The summed E-state index contributed by atoms with van der Waals surface area (Å²) in [5.41, 5.74) is 0. The summed E-state index contributed by atoms with van der Waals surface area (Å²) >= 11 is -2.09. The molecule has 0 aliphatic heterocycles. The summed E-state index contributed by atoms with van der Waals surface area (Å²) in [6, 6.07) is 0. The van der Waals surface area contributed by atoms with Crippen molar-refractivity contribution in [3.63, 3.8) is 0 Å². The second-order valence-electron chi connectivity index (χ2n) is 2.86. The molecular formula is C4F8O6S2-2. The number of alkyl halides is 8. The Morgan fingerprint density at radius 1 is 0.900 bits per heavy atom. The summed E-state index contributed by atoms with van der Waals surface area (Å²) in [5, 5.41) is -2.07. The maximum Gasteiger partial charge on any atom is 0.402 e. The van der Waals surface area contributed by atoms with Crippen molar-refractivity contribution >= 4 is 22.2 Å². The Labute approximate surface area is 108 Å². The minimum Gasteiger partial charge on any atom is -0.743 e. The zero-order chi connectivity index (χ0) is 16.6. The minimum atomic E-state index is -7.41. The average molecular weight is 360 g/mol. The molecule has 0 bridgehead atoms. The van der Waals surface area contributed by atoms with Gasteiger partial charge in [-0.3, -0.25) is 5.04 Å². The Hall–Kier alpha value is -0.420. The molecule has 0 aromatic rings. The van der Waals surface area contributed by atoms with E-state index in [0.717, 1.165) is 0 Å². The van der Waals surface area contributed by atoms with Crippen molar-refractivity contribution in [2.45, 2.75) is 22.4 Å². The lowest BCUT2D eigenvalue weighted by molar-refractivity contribution is -0.777. The van der Waals surface area contributed by atoms with Crippen molar-refractivity contribution in [2.75, 3.05) is 0 Å². The Morgan fingerprint density at radius 2 is 1.30 bits per heavy atom. The van der Waals surface area contributed by atoms with E-state index < -0.39 is 44.5 Å². The van der Waals surface area contributed by atoms with Gasteiger partial charge in [-0.25, -0.2) is 8.42 Å². The molecule has 0 atom stereocenters. The molecule has 0 aliphatic rings. The van der Waals surface area contributed by atoms with Gasteiger partial charge >= 0.3 is 22.4 Å². The van der Waals surface area contributed by atoms with Crippen molar-refractivity contribution < 1.29 is 62.7 Å². The van der Waals surface area contributed by atoms with Crippen LogP contribution in [-0.2, 0) is 19.5 Å². The SMILES string of the molecule is O=S(=O)([O-])C(F)(F)C(F)(F)C(F)(F)C(F)(F)SOO[O-]. The predicted molar refractivity (Wildman–Crippen MR) is 39.2 cm³/mol. The Kier molecular flexibility index (Phi) is 5.30. The Balaban J connectivity index is 5.80. The number of hydrogen-bond acceptors (Lipinski definition) is 7. The van der Waals surface area contributed by atoms with Crippen LogP contribution >= 0.6 is 12.0 Å². The number of rotatable bonds is 7. The van der Waals surface area contributed by atoms with E-state index in [-0.39, 0.29) is 0 Å². The Morgan fingerprint density at radius 3 is 1.60 bits per heavy atom. The van der Waals surface area contributed by atoms with Gasteiger partial charge in [0.25, 0.3) is 0 Å². The molecule has 0 N–H and O–H groups in total. The molecule has 0 amide bonds. The maximum absolute atomic E-state index is 12.7. The highest BCUT2D eigenvalue weighted by molar-refractivity contribution is 7.95. The van der Waals surface area contributed by atoms with Crippen LogP contribution in [0.5, 0.6) is 0 Å². The zero-order valence-corrected chi connectivity index (χ0v) is 9.92. The molecule has 0 unspecified atom stereocenters. The average Bonchev–Trinajstić information content (AvgIpc) is 2.24. The lowest BCUT2D eigenvalue weighted by atomic mass is 10.2. The van der Waals surface area contributed by atoms with Crippen LogP contribution in [0.2, 0.25) is 0 Å². The lowest BCUT2D eigenvalue weighted by Gasteiger charge is -2.36. The Bertz CT molecular complexity index is 448. The van der Waals surface area contributed by atoms with Crippen molar-refractivity contribution in [1.29, 1.82) is 0 Å². The van der Waals surface area contributed by atoms with Gasteiger partial charge in [-0.1, -0.05) is 0 Å². The molecule has 0 aromatic heterocycles. The monoisotopic (exact) mass is 360 g/mol. The number of hydrogen-bond donors (Lipinski definition) is 0. The van der Waals surface area contributed by atoms with E-state index in [4.69, 9.17) is 5.26 Å². The van der Waals surface area contributed by atoms with E-state index in [1.54, 1.807) is 0 Å². The first kappa shape index (κ1) is 19.6. The zero-order valence-electron chi connectivity index (χ0n) is 8.29. The molecule has 0 radical (unpaired) electrons. The van der Waals surface area contributed by atoms with E-state index in [9.17, 15) is 48.1 Å². The van der Waals surface area contributed by atoms with Gasteiger partial charge in [0.1, 0.15) is 12.0 Å². The van der Waals surface area contributed by atoms with Gasteiger partial charge in [0.15, 0.2) is 10.1 Å². The van der Waals surface area contributed by atoms with Crippen molar-refractivity contribution in [2.24, 2.45) is 0 Å². The smallest absolute Gasteiger partial charge is 0.402 e. The van der Waals surface area contributed by atoms with Crippen molar-refractivity contribution in [3.8, 4) is 0 Å². The minimum absolute atomic E-state index is 2.09. The fourth-order valence-corrected chi connectivity index (χ4v) is 1.42. The summed E-state index contributed by atoms with van der Waals surface area (Å²) in [5.74, 6) is -14.4. The number of halogens is 8. The first-order valence-corrected chi connectivity index (χ1v) is 5.82. The van der Waals surface area contributed by atoms with E-state index >= 15 is 0 Å². The molecular weight excluding hydrogens is 360 g/mol. The van der Waals surface area contributed by atoms with Crippen molar-refractivity contribution in [3.05, 3.63) is 0 Å². The van der Waals surface area contributed by atoms with E-state index in [2.05, 4.69) is 9.37 Å². The molecule has 122 valence electrons. The molecule has 0 saturated carbocycles. The third kappa shape index (κ3) is 2.93. The van der Waals surface area contributed by atoms with E-state index in [1.807, 2.05) is 0 Å². The van der Waals surface area contributed by atoms with Crippen LogP contribution in [0.25, 0.3) is 0 Å². The van der Waals surface area contributed by atoms with Crippen LogP contribution in [0.15, 0.2) is 0 Å². The standard InChI is InChI=1S/C4H2F8O6S2/c5-1(6,3(9,10)19-18-17-13)2(7,8)4(11,12)20(14,15)16/h13H,(H,14,15,16)/p-2. The topological polar surface area (TPSA) is 98.7 Å². The van der Waals surface area contributed by atoms with Gasteiger partial charge in [-0.05, 0) is 0 Å². The second kappa shape index (κ2) is 5.41. The highest BCUT2D eigenvalue weighted by Gasteiger charge is 2.83. The summed E-state index contributed by atoms with van der Waals surface area (Å²) < 4.78 is 133. The normalized spacial score (nSPS) is 15.5. The molecule has 16 heteroatoms. The molecule has 0 spiro atoms. The first-order chi connectivity index (χ1) is 8.56. The van der Waals surface area contributed by atoms with Crippen LogP contribution in [0.1, 0.15) is 0 Å². The van der Waals surface area contributed by atoms with E-state index in [0.29, 0.717) is 0 Å². The van der Waals surface area contributed by atoms with Crippen molar-refractivity contribution in [1.82, 2.24) is 0 Å². The van der Waals surface area contributed by atoms with Gasteiger partial charge in [-0.2, -0.15) is 39.5 Å². The summed E-state index contributed by atoms with van der Waals surface area (Å²) in [6.07, 6.45) is 0. The van der Waals surface area contributed by atoms with Crippen LogP contribution in [-0.4, -0.2) is 35.3 Å². The van der Waals surface area contributed by atoms with Gasteiger partial charge < -0.3 is 9.81 Å². The molecule has 0 rings (SSSR count). The largest absolute Gasteiger partial charge is 0.743 e. The fourth-order valence-electron chi connectivity index (χ4n) is 0.631. The molecule has 0 heterocycles. The lowest BCUT2D eigenvalue weighted by Crippen LogP contribution is -2.63. The van der Waals surface area contributed by atoms with Gasteiger partial charge in [0.2, 0.25) is 0 Å². The van der Waals surface area contributed by atoms with Crippen LogP contribution in [0.3, 0.4) is 0 Å². The van der Waals surface area contributed by atoms with Gasteiger partial charge in [0.05, 0.1) is 0 Å². The summed E-state index contributed by atoms with van der Waals surface area (Å²) in [7, 11) is -7.41.